The average Bonchev–Trinajstić information content (AvgIpc) is 3.68. The van der Waals surface area contributed by atoms with Gasteiger partial charge in [0, 0.05) is 20.9 Å². The van der Waals surface area contributed by atoms with Crippen molar-refractivity contribution in [3.05, 3.63) is 217 Å². The molecule has 1 heterocycles. The highest BCUT2D eigenvalue weighted by Gasteiger charge is 2.23. The Morgan fingerprint density at radius 3 is 1.07 bits per heavy atom. The van der Waals surface area contributed by atoms with Crippen molar-refractivity contribution in [2.45, 2.75) is 13.8 Å². The van der Waals surface area contributed by atoms with E-state index in [1.54, 1.807) is 0 Å². The molecule has 1 aromatic heterocycles. The first-order chi connectivity index (χ1) is 28.1. The van der Waals surface area contributed by atoms with Crippen LogP contribution in [0.25, 0.3) is 98.1 Å². The van der Waals surface area contributed by atoms with Crippen LogP contribution in [0.5, 0.6) is 0 Å². The summed E-state index contributed by atoms with van der Waals surface area (Å²) in [5, 5.41) is 5.07. The van der Waals surface area contributed by atoms with Crippen LogP contribution < -0.4 is 0 Å². The van der Waals surface area contributed by atoms with Crippen LogP contribution in [-0.4, -0.2) is 0 Å². The molecule has 270 valence electrons. The SMILES string of the molecule is Cc1ccc(-c2c3ccccc3c(-c3ccc(C)cc3)c3cc(-c4ccc(-c5sc(-c6ccccc6)c(-c6ccccc6)c5-c5ccccc5)cc4)ccc23)cc1. The topological polar surface area (TPSA) is 0 Å². The van der Waals surface area contributed by atoms with Gasteiger partial charge in [0.05, 0.1) is 0 Å². The van der Waals surface area contributed by atoms with Gasteiger partial charge in [-0.15, -0.1) is 11.3 Å². The molecule has 0 aliphatic rings. The Balaban J connectivity index is 1.16. The highest BCUT2D eigenvalue weighted by Crippen LogP contribution is 2.52. The first kappa shape index (κ1) is 34.7. The molecule has 0 bridgehead atoms. The summed E-state index contributed by atoms with van der Waals surface area (Å²) in [6, 6.07) is 75.9. The third-order valence-electron chi connectivity index (χ3n) is 11.3. The third kappa shape index (κ3) is 6.37. The minimum atomic E-state index is 1.20. The molecule has 0 radical (unpaired) electrons. The largest absolute Gasteiger partial charge is 0.134 e. The Bertz CT molecular complexity index is 3010. The number of aryl methyl sites for hydroxylation is 2. The molecule has 0 spiro atoms. The van der Waals surface area contributed by atoms with Crippen LogP contribution in [0.1, 0.15) is 11.1 Å². The first-order valence-electron chi connectivity index (χ1n) is 19.7. The van der Waals surface area contributed by atoms with E-state index >= 15 is 0 Å². The molecule has 10 aromatic rings. The van der Waals surface area contributed by atoms with Crippen molar-refractivity contribution in [1.29, 1.82) is 0 Å². The predicted molar refractivity (Wildman–Crippen MR) is 247 cm³/mol. The summed E-state index contributed by atoms with van der Waals surface area (Å²) in [5.41, 5.74) is 17.4. The van der Waals surface area contributed by atoms with Crippen LogP contribution in [0.4, 0.5) is 0 Å². The number of fused-ring (bicyclic) bond motifs is 2. The Labute approximate surface area is 339 Å². The minimum Gasteiger partial charge on any atom is -0.134 e. The van der Waals surface area contributed by atoms with Crippen molar-refractivity contribution in [2.75, 3.05) is 0 Å². The van der Waals surface area contributed by atoms with Gasteiger partial charge in [0.25, 0.3) is 0 Å². The van der Waals surface area contributed by atoms with Crippen LogP contribution >= 0.6 is 11.3 Å². The van der Waals surface area contributed by atoms with Crippen LogP contribution in [-0.2, 0) is 0 Å². The lowest BCUT2D eigenvalue weighted by atomic mass is 9.84. The minimum absolute atomic E-state index is 1.20. The van der Waals surface area contributed by atoms with Gasteiger partial charge in [-0.2, -0.15) is 0 Å². The molecule has 0 atom stereocenters. The first-order valence-corrected chi connectivity index (χ1v) is 20.5. The van der Waals surface area contributed by atoms with E-state index in [1.807, 2.05) is 11.3 Å². The maximum Gasteiger partial charge on any atom is 0.0434 e. The lowest BCUT2D eigenvalue weighted by Crippen LogP contribution is -1.92. The lowest BCUT2D eigenvalue weighted by molar-refractivity contribution is 1.47. The smallest absolute Gasteiger partial charge is 0.0434 e. The summed E-state index contributed by atoms with van der Waals surface area (Å²) in [7, 11) is 0. The van der Waals surface area contributed by atoms with E-state index in [0.717, 1.165) is 0 Å². The summed E-state index contributed by atoms with van der Waals surface area (Å²) < 4.78 is 0. The molecular formula is C56H40S. The third-order valence-corrected chi connectivity index (χ3v) is 12.5. The van der Waals surface area contributed by atoms with Gasteiger partial charge in [-0.3, -0.25) is 0 Å². The fraction of sp³-hybridized carbons (Fsp3) is 0.0357. The number of benzene rings is 9. The van der Waals surface area contributed by atoms with Gasteiger partial charge < -0.3 is 0 Å². The van der Waals surface area contributed by atoms with E-state index in [1.165, 1.54) is 109 Å². The highest BCUT2D eigenvalue weighted by atomic mass is 32.1. The fourth-order valence-electron chi connectivity index (χ4n) is 8.42. The number of rotatable bonds is 7. The molecule has 0 aliphatic heterocycles. The van der Waals surface area contributed by atoms with Gasteiger partial charge in [0.2, 0.25) is 0 Å². The lowest BCUT2D eigenvalue weighted by Gasteiger charge is -2.19. The number of hydrogen-bond acceptors (Lipinski definition) is 1. The highest BCUT2D eigenvalue weighted by molar-refractivity contribution is 7.20. The molecule has 0 nitrogen and oxygen atoms in total. The van der Waals surface area contributed by atoms with Gasteiger partial charge >= 0.3 is 0 Å². The summed E-state index contributed by atoms with van der Waals surface area (Å²) >= 11 is 1.89. The van der Waals surface area contributed by atoms with Gasteiger partial charge in [-0.05, 0) is 97.1 Å². The zero-order valence-corrected chi connectivity index (χ0v) is 32.9. The van der Waals surface area contributed by atoms with E-state index in [0.29, 0.717) is 0 Å². The van der Waals surface area contributed by atoms with Crippen LogP contribution in [0.2, 0.25) is 0 Å². The van der Waals surface area contributed by atoms with Crippen molar-refractivity contribution >= 4 is 32.9 Å². The van der Waals surface area contributed by atoms with Crippen molar-refractivity contribution in [1.82, 2.24) is 0 Å². The van der Waals surface area contributed by atoms with E-state index in [2.05, 4.69) is 220 Å². The van der Waals surface area contributed by atoms with E-state index < -0.39 is 0 Å². The quantitative estimate of drug-likeness (QED) is 0.143. The molecule has 0 saturated heterocycles. The zero-order chi connectivity index (χ0) is 38.3. The van der Waals surface area contributed by atoms with E-state index in [9.17, 15) is 0 Å². The summed E-state index contributed by atoms with van der Waals surface area (Å²) in [5.74, 6) is 0. The van der Waals surface area contributed by atoms with Gasteiger partial charge in [-0.1, -0.05) is 211 Å². The normalized spacial score (nSPS) is 11.3. The zero-order valence-electron chi connectivity index (χ0n) is 32.0. The van der Waals surface area contributed by atoms with E-state index in [-0.39, 0.29) is 0 Å². The Morgan fingerprint density at radius 1 is 0.246 bits per heavy atom. The number of thiophene rings is 1. The van der Waals surface area contributed by atoms with Crippen LogP contribution in [0, 0.1) is 13.8 Å². The van der Waals surface area contributed by atoms with Gasteiger partial charge in [0.15, 0.2) is 0 Å². The number of hydrogen-bond donors (Lipinski definition) is 0. The predicted octanol–water partition coefficient (Wildman–Crippen LogP) is 16.3. The maximum absolute atomic E-state index is 2.42. The molecule has 9 aromatic carbocycles. The second-order valence-electron chi connectivity index (χ2n) is 15.0. The molecule has 1 heteroatoms. The fourth-order valence-corrected chi connectivity index (χ4v) is 9.78. The van der Waals surface area contributed by atoms with Gasteiger partial charge in [-0.25, -0.2) is 0 Å². The second kappa shape index (κ2) is 14.7. The Hall–Kier alpha value is -6.80. The Kier molecular flexibility index (Phi) is 8.94. The van der Waals surface area contributed by atoms with Crippen molar-refractivity contribution in [2.24, 2.45) is 0 Å². The van der Waals surface area contributed by atoms with Crippen molar-refractivity contribution in [3.63, 3.8) is 0 Å². The van der Waals surface area contributed by atoms with Crippen molar-refractivity contribution < 1.29 is 0 Å². The molecule has 0 saturated carbocycles. The standard InChI is InChI=1S/C56H40S/c1-37-22-26-42(27-23-37)51-47-20-12-13-21-48(47)52(43-28-24-38(2)25-29-43)50-36-46(34-35-49(50)51)39-30-32-45(33-31-39)56-54(41-16-8-4-9-17-41)53(40-14-6-3-7-15-40)55(57-56)44-18-10-5-11-19-44/h3-36H,1-2H3. The van der Waals surface area contributed by atoms with Crippen LogP contribution in [0.15, 0.2) is 206 Å². The molecule has 0 aliphatic carbocycles. The maximum atomic E-state index is 2.42. The van der Waals surface area contributed by atoms with Crippen LogP contribution in [0.3, 0.4) is 0 Å². The molecular weight excluding hydrogens is 705 g/mol. The van der Waals surface area contributed by atoms with Gasteiger partial charge in [0.1, 0.15) is 0 Å². The molecule has 57 heavy (non-hydrogen) atoms. The summed E-state index contributed by atoms with van der Waals surface area (Å²) in [4.78, 5) is 2.56. The Morgan fingerprint density at radius 2 is 0.579 bits per heavy atom. The van der Waals surface area contributed by atoms with E-state index in [4.69, 9.17) is 0 Å². The molecule has 0 N–H and O–H groups in total. The second-order valence-corrected chi connectivity index (χ2v) is 16.0. The van der Waals surface area contributed by atoms with Crippen molar-refractivity contribution in [3.8, 4) is 76.5 Å². The average molecular weight is 745 g/mol. The molecule has 0 amide bonds. The monoisotopic (exact) mass is 744 g/mol. The summed E-state index contributed by atoms with van der Waals surface area (Å²) in [6.45, 7) is 4.32. The molecule has 10 rings (SSSR count). The summed E-state index contributed by atoms with van der Waals surface area (Å²) in [6.07, 6.45) is 0. The molecule has 0 fully saturated rings. The molecule has 0 unspecified atom stereocenters.